The first kappa shape index (κ1) is 22.4. The van der Waals surface area contributed by atoms with Crippen molar-refractivity contribution in [2.45, 2.75) is 49.9 Å². The third-order valence-electron chi connectivity index (χ3n) is 8.16. The number of hydrogen-bond acceptors (Lipinski definition) is 5. The second kappa shape index (κ2) is 7.98. The van der Waals surface area contributed by atoms with Gasteiger partial charge in [0.2, 0.25) is 5.67 Å². The number of benzene rings is 1. The van der Waals surface area contributed by atoms with E-state index >= 15 is 0 Å². The SMILES string of the molecule is N=C1C(Br)=C(C2CCC3(CC2)CC3(F)C(=O)O)NC2C(c3ccc(-c4ccccc4)nc3)C=NN12. The number of amidine groups is 1. The van der Waals surface area contributed by atoms with E-state index in [0.29, 0.717) is 30.2 Å². The summed E-state index contributed by atoms with van der Waals surface area (Å²) < 4.78 is 15.4. The highest BCUT2D eigenvalue weighted by atomic mass is 79.9. The molecule has 3 atom stereocenters. The molecule has 2 aromatic rings. The van der Waals surface area contributed by atoms with E-state index in [1.54, 1.807) is 5.01 Å². The highest BCUT2D eigenvalue weighted by Gasteiger charge is 2.74. The number of carbonyl (C=O) groups is 1. The molecule has 0 amide bonds. The van der Waals surface area contributed by atoms with E-state index in [0.717, 1.165) is 22.5 Å². The fraction of sp³-hybridized carbons (Fsp3) is 0.385. The maximum absolute atomic E-state index is 14.7. The first-order valence-corrected chi connectivity index (χ1v) is 12.6. The number of nitrogens with zero attached hydrogens (tertiary/aromatic N) is 3. The van der Waals surface area contributed by atoms with Gasteiger partial charge in [0, 0.05) is 41.4 Å². The zero-order valence-electron chi connectivity index (χ0n) is 18.9. The molecule has 180 valence electrons. The van der Waals surface area contributed by atoms with Crippen LogP contribution in [0.4, 0.5) is 4.39 Å². The number of alkyl halides is 1. The number of aromatic nitrogens is 1. The summed E-state index contributed by atoms with van der Waals surface area (Å²) in [5, 5.41) is 27.8. The van der Waals surface area contributed by atoms with Crippen molar-refractivity contribution >= 4 is 33.9 Å². The molecule has 3 heterocycles. The number of pyridine rings is 1. The van der Waals surface area contributed by atoms with Gasteiger partial charge in [-0.05, 0) is 53.2 Å². The second-order valence-corrected chi connectivity index (χ2v) is 10.8. The van der Waals surface area contributed by atoms with Crippen LogP contribution in [0.1, 0.15) is 43.6 Å². The summed E-state index contributed by atoms with van der Waals surface area (Å²) in [6.45, 7) is 0. The first-order chi connectivity index (χ1) is 16.8. The number of halogens is 2. The third kappa shape index (κ3) is 3.43. The molecule has 1 aromatic carbocycles. The van der Waals surface area contributed by atoms with Crippen molar-refractivity contribution in [2.24, 2.45) is 16.4 Å². The monoisotopic (exact) mass is 537 g/mol. The number of rotatable bonds is 4. The fourth-order valence-electron chi connectivity index (χ4n) is 5.95. The maximum Gasteiger partial charge on any atom is 0.342 e. The summed E-state index contributed by atoms with van der Waals surface area (Å²) in [5.74, 6) is -1.03. The van der Waals surface area contributed by atoms with E-state index in [2.05, 4.69) is 37.4 Å². The minimum atomic E-state index is -2.07. The van der Waals surface area contributed by atoms with E-state index in [1.807, 2.05) is 48.8 Å². The first-order valence-electron chi connectivity index (χ1n) is 11.9. The van der Waals surface area contributed by atoms with E-state index in [9.17, 15) is 14.3 Å². The zero-order chi connectivity index (χ0) is 24.4. The molecule has 0 saturated heterocycles. The molecule has 1 aromatic heterocycles. The van der Waals surface area contributed by atoms with Crippen molar-refractivity contribution in [3.8, 4) is 11.3 Å². The van der Waals surface area contributed by atoms with Crippen LogP contribution >= 0.6 is 15.9 Å². The Hall–Kier alpha value is -3.07. The minimum Gasteiger partial charge on any atom is -0.479 e. The van der Waals surface area contributed by atoms with Crippen LogP contribution in [0.3, 0.4) is 0 Å². The third-order valence-corrected chi connectivity index (χ3v) is 8.96. The van der Waals surface area contributed by atoms with Crippen molar-refractivity contribution in [1.29, 1.82) is 5.41 Å². The number of aliphatic carboxylic acids is 1. The van der Waals surface area contributed by atoms with Gasteiger partial charge in [0.25, 0.3) is 0 Å². The average molecular weight is 538 g/mol. The lowest BCUT2D eigenvalue weighted by molar-refractivity contribution is -0.146. The van der Waals surface area contributed by atoms with Gasteiger partial charge in [-0.25, -0.2) is 14.2 Å². The summed E-state index contributed by atoms with van der Waals surface area (Å²) in [7, 11) is 0. The van der Waals surface area contributed by atoms with Crippen molar-refractivity contribution in [1.82, 2.24) is 15.3 Å². The van der Waals surface area contributed by atoms with Crippen LogP contribution in [-0.2, 0) is 4.79 Å². The lowest BCUT2D eigenvalue weighted by atomic mass is 9.76. The lowest BCUT2D eigenvalue weighted by Gasteiger charge is -2.40. The van der Waals surface area contributed by atoms with Crippen LogP contribution in [0.25, 0.3) is 11.3 Å². The van der Waals surface area contributed by atoms with E-state index < -0.39 is 17.1 Å². The Balaban J connectivity index is 1.20. The van der Waals surface area contributed by atoms with Crippen molar-refractivity contribution in [2.75, 3.05) is 0 Å². The Morgan fingerprint density at radius 3 is 2.57 bits per heavy atom. The Bertz CT molecular complexity index is 1260. The largest absolute Gasteiger partial charge is 0.479 e. The highest BCUT2D eigenvalue weighted by molar-refractivity contribution is 9.12. The lowest BCUT2D eigenvalue weighted by Crippen LogP contribution is -2.51. The predicted octanol–water partition coefficient (Wildman–Crippen LogP) is 5.02. The summed E-state index contributed by atoms with van der Waals surface area (Å²) >= 11 is 3.59. The molecule has 7 nitrogen and oxygen atoms in total. The van der Waals surface area contributed by atoms with Crippen LogP contribution in [0.15, 0.2) is 63.9 Å². The molecule has 2 saturated carbocycles. The molecule has 9 heteroatoms. The number of carboxylic acid groups (broad SMARTS) is 1. The molecular weight excluding hydrogens is 513 g/mol. The molecule has 35 heavy (non-hydrogen) atoms. The highest BCUT2D eigenvalue weighted by Crippen LogP contribution is 2.67. The molecule has 2 fully saturated rings. The molecule has 1 spiro atoms. The van der Waals surface area contributed by atoms with Gasteiger partial charge in [-0.1, -0.05) is 36.4 Å². The molecule has 0 bridgehead atoms. The van der Waals surface area contributed by atoms with Crippen molar-refractivity contribution < 1.29 is 14.3 Å². The minimum absolute atomic E-state index is 0.0906. The smallest absolute Gasteiger partial charge is 0.342 e. The summed E-state index contributed by atoms with van der Waals surface area (Å²) in [6, 6.07) is 14.1. The van der Waals surface area contributed by atoms with Gasteiger partial charge in [0.05, 0.1) is 16.1 Å². The normalized spacial score (nSPS) is 33.6. The van der Waals surface area contributed by atoms with Crippen molar-refractivity contribution in [3.05, 3.63) is 64.4 Å². The molecule has 3 N–H and O–H groups in total. The fourth-order valence-corrected chi connectivity index (χ4v) is 6.57. The standard InChI is InChI=1S/C26H25BrFN5O2/c27-20-21(16-8-10-25(11-9-16)14-26(25,28)24(34)35)32-23-18(13-31-33(23)22(20)29)17-6-7-19(30-12-17)15-4-2-1-3-5-15/h1-7,12-13,16,18,23,29,32H,8-11,14H2,(H,34,35). The van der Waals surface area contributed by atoms with Gasteiger partial charge < -0.3 is 10.4 Å². The van der Waals surface area contributed by atoms with Crippen LogP contribution < -0.4 is 5.32 Å². The summed E-state index contributed by atoms with van der Waals surface area (Å²) in [5.41, 5.74) is 1.09. The Kier molecular flexibility index (Phi) is 5.11. The second-order valence-electron chi connectivity index (χ2n) is 9.98. The molecule has 2 aliphatic heterocycles. The van der Waals surface area contributed by atoms with Gasteiger partial charge in [-0.2, -0.15) is 5.10 Å². The van der Waals surface area contributed by atoms with E-state index in [1.165, 1.54) is 0 Å². The van der Waals surface area contributed by atoms with Crippen molar-refractivity contribution in [3.63, 3.8) is 0 Å². The summed E-state index contributed by atoms with van der Waals surface area (Å²) in [6.07, 6.45) is 6.04. The Labute approximate surface area is 210 Å². The molecule has 4 aliphatic rings. The van der Waals surface area contributed by atoms with Crippen LogP contribution in [0, 0.1) is 16.7 Å². The number of fused-ring (bicyclic) bond motifs is 1. The van der Waals surface area contributed by atoms with Gasteiger partial charge in [-0.15, -0.1) is 0 Å². The van der Waals surface area contributed by atoms with E-state index in [-0.39, 0.29) is 30.3 Å². The van der Waals surface area contributed by atoms with Gasteiger partial charge in [-0.3, -0.25) is 10.4 Å². The van der Waals surface area contributed by atoms with Gasteiger partial charge in [0.15, 0.2) is 5.84 Å². The summed E-state index contributed by atoms with van der Waals surface area (Å²) in [4.78, 5) is 16.0. The topological polar surface area (TPSA) is 102 Å². The Morgan fingerprint density at radius 2 is 1.94 bits per heavy atom. The van der Waals surface area contributed by atoms with Gasteiger partial charge >= 0.3 is 5.97 Å². The predicted molar refractivity (Wildman–Crippen MR) is 134 cm³/mol. The van der Waals surface area contributed by atoms with Gasteiger partial charge in [0.1, 0.15) is 6.17 Å². The number of hydrazone groups is 1. The van der Waals surface area contributed by atoms with Crippen LogP contribution in [0.5, 0.6) is 0 Å². The number of allylic oxidation sites excluding steroid dienone is 1. The maximum atomic E-state index is 14.7. The number of carboxylic acids is 1. The Morgan fingerprint density at radius 1 is 1.20 bits per heavy atom. The molecular formula is C26H25BrFN5O2. The molecule has 2 aliphatic carbocycles. The molecule has 3 unspecified atom stereocenters. The van der Waals surface area contributed by atoms with Crippen LogP contribution in [-0.4, -0.2) is 45.0 Å². The quantitative estimate of drug-likeness (QED) is 0.508. The number of nitrogens with one attached hydrogen (secondary N) is 2. The zero-order valence-corrected chi connectivity index (χ0v) is 20.5. The molecule has 0 radical (unpaired) electrons. The van der Waals surface area contributed by atoms with E-state index in [4.69, 9.17) is 5.41 Å². The average Bonchev–Trinajstić information content (AvgIpc) is 3.24. The molecule has 6 rings (SSSR count). The number of hydrogen-bond donors (Lipinski definition) is 3. The van der Waals surface area contributed by atoms with Crippen LogP contribution in [0.2, 0.25) is 0 Å².